The van der Waals surface area contributed by atoms with Gasteiger partial charge < -0.3 is 19.5 Å². The monoisotopic (exact) mass is 426 g/mol. The molecule has 164 valence electrons. The first-order valence-electron chi connectivity index (χ1n) is 9.97. The van der Waals surface area contributed by atoms with Crippen molar-refractivity contribution >= 4 is 23.8 Å². The molecule has 31 heavy (non-hydrogen) atoms. The lowest BCUT2D eigenvalue weighted by Crippen LogP contribution is -2.40. The van der Waals surface area contributed by atoms with E-state index in [-0.39, 0.29) is 31.8 Å². The number of anilines is 1. The second-order valence-corrected chi connectivity index (χ2v) is 8.20. The SMILES string of the molecule is CC(C)(C)OC(=O)N1CCN(C(=O)OCc2ccccc2)c2cccc(C(=O)O)c2C1. The fourth-order valence-corrected chi connectivity index (χ4v) is 3.27. The molecule has 1 aliphatic rings. The number of carboxylic acid groups (broad SMARTS) is 1. The largest absolute Gasteiger partial charge is 0.478 e. The van der Waals surface area contributed by atoms with Gasteiger partial charge in [-0.3, -0.25) is 4.90 Å². The van der Waals surface area contributed by atoms with E-state index in [2.05, 4.69) is 0 Å². The van der Waals surface area contributed by atoms with E-state index in [0.717, 1.165) is 5.56 Å². The molecule has 0 saturated carbocycles. The summed E-state index contributed by atoms with van der Waals surface area (Å²) in [4.78, 5) is 40.1. The number of rotatable bonds is 3. The molecule has 2 aromatic rings. The number of benzene rings is 2. The summed E-state index contributed by atoms with van der Waals surface area (Å²) in [5.74, 6) is -1.14. The van der Waals surface area contributed by atoms with Crippen molar-refractivity contribution in [2.45, 2.75) is 39.5 Å². The number of hydrogen-bond donors (Lipinski definition) is 1. The minimum Gasteiger partial charge on any atom is -0.478 e. The van der Waals surface area contributed by atoms with Crippen LogP contribution in [0.15, 0.2) is 48.5 Å². The first-order valence-corrected chi connectivity index (χ1v) is 9.97. The number of aromatic carboxylic acids is 1. The normalized spacial score (nSPS) is 13.8. The summed E-state index contributed by atoms with van der Waals surface area (Å²) in [6.07, 6.45) is -1.18. The van der Waals surface area contributed by atoms with Crippen molar-refractivity contribution in [2.75, 3.05) is 18.0 Å². The third kappa shape index (κ3) is 5.53. The van der Waals surface area contributed by atoms with Crippen molar-refractivity contribution in [1.82, 2.24) is 4.90 Å². The van der Waals surface area contributed by atoms with E-state index >= 15 is 0 Å². The van der Waals surface area contributed by atoms with Gasteiger partial charge in [-0.1, -0.05) is 36.4 Å². The van der Waals surface area contributed by atoms with Crippen LogP contribution < -0.4 is 4.90 Å². The Bertz CT molecular complexity index is 968. The zero-order chi connectivity index (χ0) is 22.6. The molecule has 0 bridgehead atoms. The molecule has 3 rings (SSSR count). The zero-order valence-corrected chi connectivity index (χ0v) is 17.8. The minimum absolute atomic E-state index is 0.00911. The van der Waals surface area contributed by atoms with Gasteiger partial charge in [0, 0.05) is 18.7 Å². The van der Waals surface area contributed by atoms with E-state index in [1.165, 1.54) is 15.9 Å². The highest BCUT2D eigenvalue weighted by Gasteiger charge is 2.32. The Labute approximate surface area is 181 Å². The molecule has 0 fully saturated rings. The van der Waals surface area contributed by atoms with Gasteiger partial charge in [-0.05, 0) is 38.5 Å². The van der Waals surface area contributed by atoms with Crippen LogP contribution in [0.4, 0.5) is 15.3 Å². The van der Waals surface area contributed by atoms with Gasteiger partial charge in [0.25, 0.3) is 0 Å². The van der Waals surface area contributed by atoms with Crippen molar-refractivity contribution in [2.24, 2.45) is 0 Å². The third-order valence-electron chi connectivity index (χ3n) is 4.69. The Morgan fingerprint density at radius 1 is 0.968 bits per heavy atom. The predicted octanol–water partition coefficient (Wildman–Crippen LogP) is 4.28. The molecule has 0 spiro atoms. The molecular formula is C23H26N2O6. The summed E-state index contributed by atoms with van der Waals surface area (Å²) in [5.41, 5.74) is 0.917. The summed E-state index contributed by atoms with van der Waals surface area (Å²) in [6, 6.07) is 13.9. The molecule has 0 radical (unpaired) electrons. The number of carbonyl (C=O) groups excluding carboxylic acids is 2. The first-order chi connectivity index (χ1) is 14.7. The highest BCUT2D eigenvalue weighted by molar-refractivity contribution is 5.95. The summed E-state index contributed by atoms with van der Waals surface area (Å²) in [6.45, 7) is 5.67. The number of fused-ring (bicyclic) bond motifs is 1. The van der Waals surface area contributed by atoms with Crippen LogP contribution in [0, 0.1) is 0 Å². The molecule has 1 heterocycles. The first kappa shape index (κ1) is 22.1. The van der Waals surface area contributed by atoms with E-state index in [1.54, 1.807) is 32.9 Å². The fraction of sp³-hybridized carbons (Fsp3) is 0.348. The number of carboxylic acids is 1. The molecule has 2 amide bonds. The average Bonchev–Trinajstić information content (AvgIpc) is 2.91. The van der Waals surface area contributed by atoms with E-state index < -0.39 is 23.8 Å². The van der Waals surface area contributed by atoms with Crippen molar-refractivity contribution in [1.29, 1.82) is 0 Å². The predicted molar refractivity (Wildman–Crippen MR) is 114 cm³/mol. The molecule has 0 aromatic heterocycles. The van der Waals surface area contributed by atoms with Crippen LogP contribution in [0.5, 0.6) is 0 Å². The molecule has 8 heteroatoms. The zero-order valence-electron chi connectivity index (χ0n) is 17.8. The van der Waals surface area contributed by atoms with Crippen LogP contribution in [0.25, 0.3) is 0 Å². The fourth-order valence-electron chi connectivity index (χ4n) is 3.27. The molecule has 1 aliphatic heterocycles. The number of ether oxygens (including phenoxy) is 2. The van der Waals surface area contributed by atoms with E-state index in [1.807, 2.05) is 30.3 Å². The lowest BCUT2D eigenvalue weighted by Gasteiger charge is -2.26. The van der Waals surface area contributed by atoms with Crippen LogP contribution in [0.2, 0.25) is 0 Å². The Hall–Kier alpha value is -3.55. The van der Waals surface area contributed by atoms with Gasteiger partial charge in [-0.15, -0.1) is 0 Å². The smallest absolute Gasteiger partial charge is 0.414 e. The molecule has 0 atom stereocenters. The summed E-state index contributed by atoms with van der Waals surface area (Å²) in [5, 5.41) is 9.65. The molecule has 1 N–H and O–H groups in total. The van der Waals surface area contributed by atoms with Crippen LogP contribution in [-0.4, -0.2) is 46.9 Å². The number of carbonyl (C=O) groups is 3. The number of hydrogen-bond acceptors (Lipinski definition) is 5. The van der Waals surface area contributed by atoms with Gasteiger partial charge in [0.2, 0.25) is 0 Å². The van der Waals surface area contributed by atoms with Crippen LogP contribution in [-0.2, 0) is 22.6 Å². The van der Waals surface area contributed by atoms with Crippen molar-refractivity contribution in [3.8, 4) is 0 Å². The van der Waals surface area contributed by atoms with Gasteiger partial charge in [0.05, 0.1) is 17.8 Å². The lowest BCUT2D eigenvalue weighted by atomic mass is 10.0. The third-order valence-corrected chi connectivity index (χ3v) is 4.69. The van der Waals surface area contributed by atoms with Gasteiger partial charge in [-0.2, -0.15) is 0 Å². The minimum atomic E-state index is -1.14. The maximum Gasteiger partial charge on any atom is 0.414 e. The molecule has 8 nitrogen and oxygen atoms in total. The second-order valence-electron chi connectivity index (χ2n) is 8.20. The van der Waals surface area contributed by atoms with E-state index in [4.69, 9.17) is 9.47 Å². The van der Waals surface area contributed by atoms with E-state index in [9.17, 15) is 19.5 Å². The number of amides is 2. The second kappa shape index (κ2) is 9.07. The van der Waals surface area contributed by atoms with Crippen molar-refractivity contribution < 1.29 is 29.0 Å². The summed E-state index contributed by atoms with van der Waals surface area (Å²) >= 11 is 0. The molecular weight excluding hydrogens is 400 g/mol. The Balaban J connectivity index is 1.89. The highest BCUT2D eigenvalue weighted by atomic mass is 16.6. The van der Waals surface area contributed by atoms with Crippen LogP contribution in [0.3, 0.4) is 0 Å². The standard InChI is InChI=1S/C23H26N2O6/c1-23(2,3)31-21(28)24-12-13-25(22(29)30-15-16-8-5-4-6-9-16)19-11-7-10-17(20(26)27)18(19)14-24/h4-11H,12-15H2,1-3H3,(H,26,27). The number of nitrogens with zero attached hydrogens (tertiary/aromatic N) is 2. The van der Waals surface area contributed by atoms with Crippen LogP contribution in [0.1, 0.15) is 42.3 Å². The average molecular weight is 426 g/mol. The van der Waals surface area contributed by atoms with Gasteiger partial charge in [-0.25, -0.2) is 14.4 Å². The van der Waals surface area contributed by atoms with Crippen molar-refractivity contribution in [3.63, 3.8) is 0 Å². The molecule has 2 aromatic carbocycles. The van der Waals surface area contributed by atoms with Crippen molar-refractivity contribution in [3.05, 3.63) is 65.2 Å². The lowest BCUT2D eigenvalue weighted by molar-refractivity contribution is 0.0240. The summed E-state index contributed by atoms with van der Waals surface area (Å²) in [7, 11) is 0. The van der Waals surface area contributed by atoms with E-state index in [0.29, 0.717) is 11.3 Å². The Kier molecular flexibility index (Phi) is 6.48. The topological polar surface area (TPSA) is 96.4 Å². The van der Waals surface area contributed by atoms with Gasteiger partial charge >= 0.3 is 18.2 Å². The van der Waals surface area contributed by atoms with Crippen LogP contribution >= 0.6 is 0 Å². The molecule has 0 unspecified atom stereocenters. The molecule has 0 saturated heterocycles. The molecule has 0 aliphatic carbocycles. The Morgan fingerprint density at radius 2 is 1.68 bits per heavy atom. The summed E-state index contributed by atoms with van der Waals surface area (Å²) < 4.78 is 10.9. The van der Waals surface area contributed by atoms with Gasteiger partial charge in [0.15, 0.2) is 0 Å². The quantitative estimate of drug-likeness (QED) is 0.787. The maximum atomic E-state index is 12.9. The highest BCUT2D eigenvalue weighted by Crippen LogP contribution is 2.30. The van der Waals surface area contributed by atoms with Gasteiger partial charge in [0.1, 0.15) is 12.2 Å². The Morgan fingerprint density at radius 3 is 2.32 bits per heavy atom. The maximum absolute atomic E-state index is 12.9.